The number of aliphatic imine (C=N–C) groups is 1. The molecule has 0 saturated carbocycles. The molecule has 0 aliphatic carbocycles. The molecule has 7 nitrogen and oxygen atoms in total. The summed E-state index contributed by atoms with van der Waals surface area (Å²) < 4.78 is 18.0. The van der Waals surface area contributed by atoms with E-state index in [9.17, 15) is 0 Å². The lowest BCUT2D eigenvalue weighted by molar-refractivity contribution is -0.0721. The SMILES string of the molecule is CCNC(=NCc1ccccc1OCCN(C)C)N1CCC(OCC2CCCCO2)CC1.I. The highest BCUT2D eigenvalue weighted by Crippen LogP contribution is 2.20. The van der Waals surface area contributed by atoms with E-state index in [2.05, 4.69) is 48.3 Å². The summed E-state index contributed by atoms with van der Waals surface area (Å²) in [6, 6.07) is 8.21. The summed E-state index contributed by atoms with van der Waals surface area (Å²) in [4.78, 5) is 9.42. The van der Waals surface area contributed by atoms with Gasteiger partial charge in [-0.15, -0.1) is 24.0 Å². The molecule has 2 saturated heterocycles. The first-order chi connectivity index (χ1) is 15.7. The van der Waals surface area contributed by atoms with Crippen molar-refractivity contribution in [3.8, 4) is 5.75 Å². The quantitative estimate of drug-likeness (QED) is 0.261. The van der Waals surface area contributed by atoms with Gasteiger partial charge in [0.2, 0.25) is 0 Å². The second-order valence-corrected chi connectivity index (χ2v) is 8.94. The minimum Gasteiger partial charge on any atom is -0.492 e. The number of halogens is 1. The maximum Gasteiger partial charge on any atom is 0.194 e. The van der Waals surface area contributed by atoms with E-state index in [1.807, 2.05) is 12.1 Å². The van der Waals surface area contributed by atoms with Gasteiger partial charge >= 0.3 is 0 Å². The number of benzene rings is 1. The van der Waals surface area contributed by atoms with Crippen LogP contribution in [0.2, 0.25) is 0 Å². The van der Waals surface area contributed by atoms with Gasteiger partial charge in [-0.2, -0.15) is 0 Å². The van der Waals surface area contributed by atoms with E-state index >= 15 is 0 Å². The fourth-order valence-electron chi connectivity index (χ4n) is 4.12. The second-order valence-electron chi connectivity index (χ2n) is 8.94. The lowest BCUT2D eigenvalue weighted by Gasteiger charge is -2.35. The Bertz CT molecular complexity index is 690. The summed E-state index contributed by atoms with van der Waals surface area (Å²) in [5.41, 5.74) is 1.12. The maximum absolute atomic E-state index is 6.18. The summed E-state index contributed by atoms with van der Waals surface area (Å²) in [5, 5.41) is 3.47. The Morgan fingerprint density at radius 1 is 1.18 bits per heavy atom. The zero-order chi connectivity index (χ0) is 22.6. The molecule has 2 heterocycles. The lowest BCUT2D eigenvalue weighted by Crippen LogP contribution is -2.47. The van der Waals surface area contributed by atoms with Crippen molar-refractivity contribution < 1.29 is 14.2 Å². The molecule has 1 unspecified atom stereocenters. The third kappa shape index (κ3) is 9.96. The Morgan fingerprint density at radius 3 is 2.67 bits per heavy atom. The first kappa shape index (κ1) is 28.1. The van der Waals surface area contributed by atoms with E-state index in [0.717, 1.165) is 75.9 Å². The van der Waals surface area contributed by atoms with Gasteiger partial charge in [0.25, 0.3) is 0 Å². The minimum atomic E-state index is 0. The summed E-state index contributed by atoms with van der Waals surface area (Å²) in [5.74, 6) is 1.90. The van der Waals surface area contributed by atoms with Crippen LogP contribution in [0.1, 0.15) is 44.6 Å². The highest BCUT2D eigenvalue weighted by Gasteiger charge is 2.23. The lowest BCUT2D eigenvalue weighted by atomic mass is 10.1. The molecule has 3 rings (SSSR count). The minimum absolute atomic E-state index is 0. The van der Waals surface area contributed by atoms with E-state index in [0.29, 0.717) is 25.4 Å². The molecule has 1 N–H and O–H groups in total. The number of ether oxygens (including phenoxy) is 3. The first-order valence-electron chi connectivity index (χ1n) is 12.3. The average Bonchev–Trinajstić information content (AvgIpc) is 2.82. The molecule has 1 aromatic rings. The smallest absolute Gasteiger partial charge is 0.194 e. The van der Waals surface area contributed by atoms with Gasteiger partial charge in [-0.1, -0.05) is 18.2 Å². The molecule has 1 aromatic carbocycles. The van der Waals surface area contributed by atoms with Crippen molar-refractivity contribution in [1.82, 2.24) is 15.1 Å². The van der Waals surface area contributed by atoms with Gasteiger partial charge < -0.3 is 29.3 Å². The molecule has 8 heteroatoms. The fourth-order valence-corrected chi connectivity index (χ4v) is 4.12. The van der Waals surface area contributed by atoms with Gasteiger partial charge in [0.05, 0.1) is 25.4 Å². The molecule has 0 radical (unpaired) electrons. The number of nitrogens with one attached hydrogen (secondary N) is 1. The second kappa shape index (κ2) is 15.7. The van der Waals surface area contributed by atoms with Crippen molar-refractivity contribution in [3.05, 3.63) is 29.8 Å². The Hall–Kier alpha value is -1.10. The van der Waals surface area contributed by atoms with Gasteiger partial charge in [0, 0.05) is 38.3 Å². The highest BCUT2D eigenvalue weighted by atomic mass is 127. The first-order valence-corrected chi connectivity index (χ1v) is 12.3. The molecule has 0 spiro atoms. The summed E-state index contributed by atoms with van der Waals surface area (Å²) in [6.45, 7) is 8.70. The topological polar surface area (TPSA) is 58.6 Å². The van der Waals surface area contributed by atoms with Crippen LogP contribution in [0.25, 0.3) is 0 Å². The summed E-state index contributed by atoms with van der Waals surface area (Å²) in [6.07, 6.45) is 6.26. The number of guanidine groups is 1. The van der Waals surface area contributed by atoms with Gasteiger partial charge in [0.1, 0.15) is 12.4 Å². The number of likely N-dealkylation sites (N-methyl/N-ethyl adjacent to an activating group) is 1. The number of rotatable bonds is 10. The Kier molecular flexibility index (Phi) is 13.4. The Labute approximate surface area is 217 Å². The van der Waals surface area contributed by atoms with Gasteiger partial charge in [-0.3, -0.25) is 0 Å². The summed E-state index contributed by atoms with van der Waals surface area (Å²) in [7, 11) is 4.11. The van der Waals surface area contributed by atoms with Crippen LogP contribution in [0.4, 0.5) is 0 Å². The van der Waals surface area contributed by atoms with Crippen molar-refractivity contribution in [2.24, 2.45) is 4.99 Å². The molecule has 2 aliphatic rings. The molecular formula is C25H43IN4O3. The van der Waals surface area contributed by atoms with Crippen LogP contribution < -0.4 is 10.1 Å². The van der Waals surface area contributed by atoms with Crippen LogP contribution in [0, 0.1) is 0 Å². The van der Waals surface area contributed by atoms with E-state index in [1.165, 1.54) is 12.8 Å². The number of para-hydroxylation sites is 1. The summed E-state index contributed by atoms with van der Waals surface area (Å²) >= 11 is 0. The van der Waals surface area contributed by atoms with Crippen LogP contribution in [0.3, 0.4) is 0 Å². The van der Waals surface area contributed by atoms with Crippen LogP contribution >= 0.6 is 24.0 Å². The predicted molar refractivity (Wildman–Crippen MR) is 145 cm³/mol. The average molecular weight is 575 g/mol. The highest BCUT2D eigenvalue weighted by molar-refractivity contribution is 14.0. The number of likely N-dealkylation sites (tertiary alicyclic amines) is 1. The number of hydrogen-bond donors (Lipinski definition) is 1. The van der Waals surface area contributed by atoms with E-state index in [-0.39, 0.29) is 24.0 Å². The molecule has 0 aromatic heterocycles. The van der Waals surface area contributed by atoms with E-state index < -0.39 is 0 Å². The third-order valence-corrected chi connectivity index (χ3v) is 6.04. The van der Waals surface area contributed by atoms with Crippen LogP contribution in [0.5, 0.6) is 5.75 Å². The monoisotopic (exact) mass is 574 g/mol. The van der Waals surface area contributed by atoms with E-state index in [4.69, 9.17) is 19.2 Å². The van der Waals surface area contributed by atoms with Crippen LogP contribution in [-0.4, -0.2) is 88.1 Å². The Morgan fingerprint density at radius 2 is 1.97 bits per heavy atom. The predicted octanol–water partition coefficient (Wildman–Crippen LogP) is 3.76. The standard InChI is InChI=1S/C25H42N4O3.HI/c1-4-26-25(27-19-21-9-5-6-11-24(21)31-18-16-28(2)3)29-14-12-22(13-15-29)32-20-23-10-7-8-17-30-23;/h5-6,9,11,22-23H,4,7-8,10,12-20H2,1-3H3,(H,26,27);1H. The Balaban J connectivity index is 0.00000385. The zero-order valence-corrected chi connectivity index (χ0v) is 23.0. The molecule has 2 aliphatic heterocycles. The molecule has 33 heavy (non-hydrogen) atoms. The molecule has 2 fully saturated rings. The molecular weight excluding hydrogens is 531 g/mol. The van der Waals surface area contributed by atoms with E-state index in [1.54, 1.807) is 0 Å². The van der Waals surface area contributed by atoms with Crippen LogP contribution in [0.15, 0.2) is 29.3 Å². The number of nitrogens with zero attached hydrogens (tertiary/aromatic N) is 3. The number of piperidine rings is 1. The number of hydrogen-bond acceptors (Lipinski definition) is 5. The van der Waals surface area contributed by atoms with Crippen molar-refractivity contribution in [1.29, 1.82) is 0 Å². The normalized spacial score (nSPS) is 19.9. The zero-order valence-electron chi connectivity index (χ0n) is 20.6. The van der Waals surface area contributed by atoms with Crippen molar-refractivity contribution in [2.45, 2.75) is 57.8 Å². The van der Waals surface area contributed by atoms with Crippen molar-refractivity contribution >= 4 is 29.9 Å². The van der Waals surface area contributed by atoms with Crippen molar-refractivity contribution in [3.63, 3.8) is 0 Å². The van der Waals surface area contributed by atoms with Gasteiger partial charge in [0.15, 0.2) is 5.96 Å². The van der Waals surface area contributed by atoms with Gasteiger partial charge in [-0.25, -0.2) is 4.99 Å². The molecule has 188 valence electrons. The van der Waals surface area contributed by atoms with Crippen LogP contribution in [-0.2, 0) is 16.0 Å². The molecule has 1 atom stereocenters. The van der Waals surface area contributed by atoms with Crippen molar-refractivity contribution in [2.75, 3.05) is 60.1 Å². The largest absolute Gasteiger partial charge is 0.492 e. The third-order valence-electron chi connectivity index (χ3n) is 6.04. The fraction of sp³-hybridized carbons (Fsp3) is 0.720. The molecule has 0 bridgehead atoms. The van der Waals surface area contributed by atoms with Gasteiger partial charge in [-0.05, 0) is 59.2 Å². The molecule has 0 amide bonds. The maximum atomic E-state index is 6.18.